The molecule has 0 radical (unpaired) electrons. The SMILES string of the molecule is CCOc1ccccc1OCCC1(CN)CCCCCC1. The minimum Gasteiger partial charge on any atom is -0.490 e. The van der Waals surface area contributed by atoms with Gasteiger partial charge >= 0.3 is 0 Å². The second-order valence-corrected chi connectivity index (χ2v) is 6.10. The number of nitrogens with two attached hydrogens (primary N) is 1. The van der Waals surface area contributed by atoms with Crippen LogP contribution in [0.25, 0.3) is 0 Å². The van der Waals surface area contributed by atoms with Gasteiger partial charge in [-0.15, -0.1) is 0 Å². The summed E-state index contributed by atoms with van der Waals surface area (Å²) in [7, 11) is 0. The van der Waals surface area contributed by atoms with E-state index in [0.717, 1.165) is 31.1 Å². The number of benzene rings is 1. The molecule has 1 aliphatic rings. The zero-order valence-corrected chi connectivity index (χ0v) is 13.3. The average Bonchev–Trinajstić information content (AvgIpc) is 2.75. The van der Waals surface area contributed by atoms with E-state index in [1.54, 1.807) is 0 Å². The highest BCUT2D eigenvalue weighted by molar-refractivity contribution is 5.39. The van der Waals surface area contributed by atoms with Crippen molar-refractivity contribution in [3.05, 3.63) is 24.3 Å². The summed E-state index contributed by atoms with van der Waals surface area (Å²) in [5.41, 5.74) is 6.37. The van der Waals surface area contributed by atoms with Crippen molar-refractivity contribution in [2.45, 2.75) is 51.9 Å². The highest BCUT2D eigenvalue weighted by Crippen LogP contribution is 2.37. The Hall–Kier alpha value is -1.22. The molecule has 2 rings (SSSR count). The quantitative estimate of drug-likeness (QED) is 0.767. The first-order valence-corrected chi connectivity index (χ1v) is 8.34. The van der Waals surface area contributed by atoms with Crippen molar-refractivity contribution in [3.63, 3.8) is 0 Å². The third-order valence-electron chi connectivity index (χ3n) is 4.64. The molecule has 0 spiro atoms. The normalized spacial score (nSPS) is 18.0. The van der Waals surface area contributed by atoms with Crippen LogP contribution >= 0.6 is 0 Å². The highest BCUT2D eigenvalue weighted by Gasteiger charge is 2.29. The second kappa shape index (κ2) is 8.28. The average molecular weight is 291 g/mol. The van der Waals surface area contributed by atoms with Crippen molar-refractivity contribution in [1.82, 2.24) is 0 Å². The molecule has 3 nitrogen and oxygen atoms in total. The summed E-state index contributed by atoms with van der Waals surface area (Å²) in [4.78, 5) is 0. The molecule has 118 valence electrons. The molecule has 21 heavy (non-hydrogen) atoms. The maximum absolute atomic E-state index is 6.08. The van der Waals surface area contributed by atoms with Crippen molar-refractivity contribution >= 4 is 0 Å². The van der Waals surface area contributed by atoms with Crippen molar-refractivity contribution in [2.75, 3.05) is 19.8 Å². The summed E-state index contributed by atoms with van der Waals surface area (Å²) in [6.07, 6.45) is 8.88. The monoisotopic (exact) mass is 291 g/mol. The van der Waals surface area contributed by atoms with E-state index in [4.69, 9.17) is 15.2 Å². The highest BCUT2D eigenvalue weighted by atomic mass is 16.5. The Morgan fingerprint density at radius 3 is 2.19 bits per heavy atom. The molecule has 0 amide bonds. The minimum absolute atomic E-state index is 0.289. The summed E-state index contributed by atoms with van der Waals surface area (Å²) in [5, 5.41) is 0. The summed E-state index contributed by atoms with van der Waals surface area (Å²) in [6, 6.07) is 7.91. The van der Waals surface area contributed by atoms with Crippen LogP contribution in [0.15, 0.2) is 24.3 Å². The largest absolute Gasteiger partial charge is 0.490 e. The van der Waals surface area contributed by atoms with Gasteiger partial charge in [-0.25, -0.2) is 0 Å². The molecule has 1 aliphatic carbocycles. The molecule has 0 atom stereocenters. The van der Waals surface area contributed by atoms with Gasteiger partial charge in [-0.3, -0.25) is 0 Å². The molecule has 0 aliphatic heterocycles. The van der Waals surface area contributed by atoms with E-state index in [1.165, 1.54) is 38.5 Å². The van der Waals surface area contributed by atoms with Crippen LogP contribution in [0.3, 0.4) is 0 Å². The van der Waals surface area contributed by atoms with Gasteiger partial charge in [-0.1, -0.05) is 37.8 Å². The molecule has 1 aromatic rings. The van der Waals surface area contributed by atoms with E-state index < -0.39 is 0 Å². The standard InChI is InChI=1S/C18H29NO2/c1-2-20-16-9-5-6-10-17(16)21-14-13-18(15-19)11-7-3-4-8-12-18/h5-6,9-10H,2-4,7-8,11-15,19H2,1H3. The Morgan fingerprint density at radius 2 is 1.62 bits per heavy atom. The Kier molecular flexibility index (Phi) is 6.37. The van der Waals surface area contributed by atoms with Gasteiger partial charge in [-0.05, 0) is 50.3 Å². The van der Waals surface area contributed by atoms with Crippen LogP contribution in [0.1, 0.15) is 51.9 Å². The predicted molar refractivity (Wildman–Crippen MR) is 86.9 cm³/mol. The van der Waals surface area contributed by atoms with Crippen LogP contribution in [0.2, 0.25) is 0 Å². The van der Waals surface area contributed by atoms with Gasteiger partial charge in [0.15, 0.2) is 11.5 Å². The van der Waals surface area contributed by atoms with Gasteiger partial charge in [0.05, 0.1) is 13.2 Å². The fourth-order valence-corrected chi connectivity index (χ4v) is 3.26. The zero-order valence-electron chi connectivity index (χ0n) is 13.3. The van der Waals surface area contributed by atoms with Crippen molar-refractivity contribution in [3.8, 4) is 11.5 Å². The van der Waals surface area contributed by atoms with E-state index in [0.29, 0.717) is 6.61 Å². The summed E-state index contributed by atoms with van der Waals surface area (Å²) in [5.74, 6) is 1.68. The fourth-order valence-electron chi connectivity index (χ4n) is 3.26. The van der Waals surface area contributed by atoms with E-state index in [9.17, 15) is 0 Å². The molecular formula is C18H29NO2. The Balaban J connectivity index is 1.90. The molecule has 1 aromatic carbocycles. The van der Waals surface area contributed by atoms with Gasteiger partial charge < -0.3 is 15.2 Å². The first-order chi connectivity index (χ1) is 10.3. The van der Waals surface area contributed by atoms with E-state index in [2.05, 4.69) is 0 Å². The predicted octanol–water partition coefficient (Wildman–Crippen LogP) is 4.15. The number of hydrogen-bond donors (Lipinski definition) is 1. The number of ether oxygens (including phenoxy) is 2. The van der Waals surface area contributed by atoms with Crippen LogP contribution in [0.4, 0.5) is 0 Å². The van der Waals surface area contributed by atoms with E-state index >= 15 is 0 Å². The van der Waals surface area contributed by atoms with E-state index in [1.807, 2.05) is 31.2 Å². The molecule has 0 unspecified atom stereocenters. The Morgan fingerprint density at radius 1 is 1.00 bits per heavy atom. The summed E-state index contributed by atoms with van der Waals surface area (Å²) in [6.45, 7) is 4.16. The van der Waals surface area contributed by atoms with Gasteiger partial charge in [-0.2, -0.15) is 0 Å². The molecule has 2 N–H and O–H groups in total. The first kappa shape index (κ1) is 16.2. The first-order valence-electron chi connectivity index (χ1n) is 8.34. The lowest BCUT2D eigenvalue weighted by Crippen LogP contribution is -2.31. The number of rotatable bonds is 7. The maximum atomic E-state index is 6.08. The third kappa shape index (κ3) is 4.63. The van der Waals surface area contributed by atoms with E-state index in [-0.39, 0.29) is 5.41 Å². The molecule has 1 saturated carbocycles. The minimum atomic E-state index is 0.289. The van der Waals surface area contributed by atoms with Crippen LogP contribution < -0.4 is 15.2 Å². The lowest BCUT2D eigenvalue weighted by Gasteiger charge is -2.31. The summed E-state index contributed by atoms with van der Waals surface area (Å²) >= 11 is 0. The summed E-state index contributed by atoms with van der Waals surface area (Å²) < 4.78 is 11.6. The maximum Gasteiger partial charge on any atom is 0.161 e. The van der Waals surface area contributed by atoms with Gasteiger partial charge in [0, 0.05) is 0 Å². The van der Waals surface area contributed by atoms with Crippen LogP contribution in [-0.2, 0) is 0 Å². The third-order valence-corrected chi connectivity index (χ3v) is 4.64. The molecule has 0 heterocycles. The topological polar surface area (TPSA) is 44.5 Å². The van der Waals surface area contributed by atoms with Gasteiger partial charge in [0.1, 0.15) is 0 Å². The van der Waals surface area contributed by atoms with Crippen molar-refractivity contribution in [1.29, 1.82) is 0 Å². The Labute approximate surface area is 128 Å². The van der Waals surface area contributed by atoms with Gasteiger partial charge in [0.25, 0.3) is 0 Å². The number of hydrogen-bond acceptors (Lipinski definition) is 3. The van der Waals surface area contributed by atoms with Crippen LogP contribution in [0, 0.1) is 5.41 Å². The molecule has 0 saturated heterocycles. The van der Waals surface area contributed by atoms with Crippen molar-refractivity contribution < 1.29 is 9.47 Å². The van der Waals surface area contributed by atoms with Crippen LogP contribution in [0.5, 0.6) is 11.5 Å². The lowest BCUT2D eigenvalue weighted by atomic mass is 9.78. The molecule has 1 fully saturated rings. The lowest BCUT2D eigenvalue weighted by molar-refractivity contribution is 0.173. The van der Waals surface area contributed by atoms with Crippen LogP contribution in [-0.4, -0.2) is 19.8 Å². The van der Waals surface area contributed by atoms with Crippen molar-refractivity contribution in [2.24, 2.45) is 11.1 Å². The fraction of sp³-hybridized carbons (Fsp3) is 0.667. The molecule has 0 aromatic heterocycles. The smallest absolute Gasteiger partial charge is 0.161 e. The zero-order chi connectivity index (χ0) is 15.0. The second-order valence-electron chi connectivity index (χ2n) is 6.10. The Bertz CT molecular complexity index is 411. The molecular weight excluding hydrogens is 262 g/mol. The molecule has 0 bridgehead atoms. The number of para-hydroxylation sites is 2. The molecule has 3 heteroatoms. The van der Waals surface area contributed by atoms with Gasteiger partial charge in [0.2, 0.25) is 0 Å².